The maximum absolute atomic E-state index is 14.5. The van der Waals surface area contributed by atoms with Crippen molar-refractivity contribution in [3.8, 4) is 6.07 Å². The molecule has 2 N–H and O–H groups in total. The van der Waals surface area contributed by atoms with Crippen LogP contribution in [0.25, 0.3) is 0 Å². The molecule has 132 valence electrons. The molecule has 1 aliphatic rings. The molecule has 5 nitrogen and oxygen atoms in total. The highest BCUT2D eigenvalue weighted by Crippen LogP contribution is 2.42. The molecule has 0 aliphatic carbocycles. The Labute approximate surface area is 161 Å². The van der Waals surface area contributed by atoms with E-state index in [0.29, 0.717) is 11.1 Å². The van der Waals surface area contributed by atoms with Gasteiger partial charge in [-0.05, 0) is 41.4 Å². The molecule has 1 aliphatic heterocycles. The Kier molecular flexibility index (Phi) is 6.25. The fourth-order valence-corrected chi connectivity index (χ4v) is 3.62. The Morgan fingerprint density at radius 3 is 2.76 bits per heavy atom. The lowest BCUT2D eigenvalue weighted by Gasteiger charge is -2.28. The lowest BCUT2D eigenvalue weighted by atomic mass is 9.81. The first kappa shape index (κ1) is 19.5. The van der Waals surface area contributed by atoms with E-state index < -0.39 is 17.7 Å². The van der Waals surface area contributed by atoms with Crippen LogP contribution in [0.4, 0.5) is 4.39 Å². The van der Waals surface area contributed by atoms with Crippen LogP contribution in [0.5, 0.6) is 0 Å². The van der Waals surface area contributed by atoms with Gasteiger partial charge in [0.1, 0.15) is 23.2 Å². The molecule has 0 bridgehead atoms. The molecule has 0 aromatic heterocycles. The number of ether oxygens (including phenoxy) is 2. The smallest absolute Gasteiger partial charge is 0.338 e. The average Bonchev–Trinajstić information content (AvgIpc) is 2.56. The summed E-state index contributed by atoms with van der Waals surface area (Å²) in [4.78, 5) is 12.5. The van der Waals surface area contributed by atoms with Gasteiger partial charge in [0.05, 0.1) is 22.6 Å². The average molecular weight is 474 g/mol. The Morgan fingerprint density at radius 1 is 1.52 bits per heavy atom. The van der Waals surface area contributed by atoms with E-state index in [1.807, 2.05) is 6.07 Å². The molecular formula is C17H15Br2FN2O3. The second kappa shape index (κ2) is 8.02. The number of alkyl halides is 1. The van der Waals surface area contributed by atoms with E-state index in [0.717, 1.165) is 0 Å². The van der Waals surface area contributed by atoms with Crippen molar-refractivity contribution in [1.29, 1.82) is 5.26 Å². The van der Waals surface area contributed by atoms with Gasteiger partial charge >= 0.3 is 5.97 Å². The van der Waals surface area contributed by atoms with Crippen LogP contribution in [0.3, 0.4) is 0 Å². The molecule has 0 saturated heterocycles. The third kappa shape index (κ3) is 3.58. The van der Waals surface area contributed by atoms with Gasteiger partial charge in [-0.3, -0.25) is 0 Å². The van der Waals surface area contributed by atoms with Crippen LogP contribution in [0.2, 0.25) is 0 Å². The summed E-state index contributed by atoms with van der Waals surface area (Å²) < 4.78 is 25.3. The maximum atomic E-state index is 14.5. The SMILES string of the molecule is CCOC(=O)C1=C(C)OC(N)=C(C#N)C1c1ccc(Br)c(F)c1CBr. The predicted molar refractivity (Wildman–Crippen MR) is 96.7 cm³/mol. The van der Waals surface area contributed by atoms with Crippen LogP contribution in [0.1, 0.15) is 30.9 Å². The van der Waals surface area contributed by atoms with Gasteiger partial charge < -0.3 is 15.2 Å². The van der Waals surface area contributed by atoms with Gasteiger partial charge in [-0.1, -0.05) is 22.0 Å². The highest BCUT2D eigenvalue weighted by molar-refractivity contribution is 9.10. The first-order valence-electron chi connectivity index (χ1n) is 7.35. The molecule has 0 radical (unpaired) electrons. The van der Waals surface area contributed by atoms with Crippen molar-refractivity contribution < 1.29 is 18.7 Å². The highest BCUT2D eigenvalue weighted by atomic mass is 79.9. The zero-order chi connectivity index (χ0) is 18.7. The number of halogens is 3. The third-order valence-corrected chi connectivity index (χ3v) is 4.95. The molecule has 1 atom stereocenters. The van der Waals surface area contributed by atoms with Gasteiger partial charge in [0, 0.05) is 10.9 Å². The van der Waals surface area contributed by atoms with Gasteiger partial charge in [0.25, 0.3) is 0 Å². The standard InChI is InChI=1S/C17H15Br2FN2O3/c1-3-24-17(23)13-8(2)25-16(22)11(7-21)14(13)9-4-5-12(19)15(20)10(9)6-18/h4-5,14H,3,6,22H2,1-2H3. The summed E-state index contributed by atoms with van der Waals surface area (Å²) in [7, 11) is 0. The van der Waals surface area contributed by atoms with Crippen LogP contribution in [0, 0.1) is 17.1 Å². The number of hydrogen-bond acceptors (Lipinski definition) is 5. The summed E-state index contributed by atoms with van der Waals surface area (Å²) in [5.74, 6) is -1.86. The topological polar surface area (TPSA) is 85.3 Å². The Bertz CT molecular complexity index is 828. The Hall–Kier alpha value is -1.85. The molecule has 25 heavy (non-hydrogen) atoms. The van der Waals surface area contributed by atoms with Gasteiger partial charge in [-0.15, -0.1) is 0 Å². The molecule has 1 aromatic rings. The number of esters is 1. The fraction of sp³-hybridized carbons (Fsp3) is 0.294. The van der Waals surface area contributed by atoms with Crippen LogP contribution in [-0.4, -0.2) is 12.6 Å². The van der Waals surface area contributed by atoms with E-state index in [2.05, 4.69) is 31.9 Å². The van der Waals surface area contributed by atoms with Crippen molar-refractivity contribution in [3.63, 3.8) is 0 Å². The Balaban J connectivity index is 2.76. The molecule has 1 unspecified atom stereocenters. The second-order valence-electron chi connectivity index (χ2n) is 5.18. The number of nitrogens with zero attached hydrogens (tertiary/aromatic N) is 1. The molecule has 2 rings (SSSR count). The van der Waals surface area contributed by atoms with E-state index in [4.69, 9.17) is 15.2 Å². The monoisotopic (exact) mass is 472 g/mol. The first-order valence-corrected chi connectivity index (χ1v) is 9.26. The summed E-state index contributed by atoms with van der Waals surface area (Å²) in [6.07, 6.45) is 0. The molecule has 0 amide bonds. The normalized spacial score (nSPS) is 17.2. The summed E-state index contributed by atoms with van der Waals surface area (Å²) in [5.41, 5.74) is 6.78. The molecule has 1 heterocycles. The van der Waals surface area contributed by atoms with Crippen molar-refractivity contribution in [2.75, 3.05) is 6.61 Å². The Morgan fingerprint density at radius 2 is 2.20 bits per heavy atom. The number of rotatable bonds is 4. The minimum absolute atomic E-state index is 0.0394. The van der Waals surface area contributed by atoms with Crippen molar-refractivity contribution in [2.45, 2.75) is 25.1 Å². The number of allylic oxidation sites excluding steroid dienone is 2. The van der Waals surface area contributed by atoms with E-state index >= 15 is 0 Å². The first-order chi connectivity index (χ1) is 11.9. The predicted octanol–water partition coefficient (Wildman–Crippen LogP) is 4.13. The fourth-order valence-electron chi connectivity index (χ4n) is 2.68. The van der Waals surface area contributed by atoms with Gasteiger partial charge in [-0.2, -0.15) is 5.26 Å². The number of hydrogen-bond donors (Lipinski definition) is 1. The van der Waals surface area contributed by atoms with Gasteiger partial charge in [0.15, 0.2) is 0 Å². The number of carbonyl (C=O) groups is 1. The van der Waals surface area contributed by atoms with Gasteiger partial charge in [-0.25, -0.2) is 9.18 Å². The van der Waals surface area contributed by atoms with Gasteiger partial charge in [0.2, 0.25) is 5.88 Å². The van der Waals surface area contributed by atoms with E-state index in [9.17, 15) is 14.4 Å². The van der Waals surface area contributed by atoms with E-state index in [1.165, 1.54) is 6.07 Å². The van der Waals surface area contributed by atoms with Crippen molar-refractivity contribution >= 4 is 37.8 Å². The number of nitriles is 1. The van der Waals surface area contributed by atoms with Crippen LogP contribution in [-0.2, 0) is 19.6 Å². The van der Waals surface area contributed by atoms with Crippen molar-refractivity contribution in [3.05, 3.63) is 56.3 Å². The summed E-state index contributed by atoms with van der Waals surface area (Å²) in [6, 6.07) is 5.15. The minimum Gasteiger partial charge on any atom is -0.463 e. The highest BCUT2D eigenvalue weighted by Gasteiger charge is 2.37. The van der Waals surface area contributed by atoms with E-state index in [-0.39, 0.29) is 39.2 Å². The molecule has 0 fully saturated rings. The van der Waals surface area contributed by atoms with Crippen LogP contribution in [0.15, 0.2) is 39.4 Å². The number of benzene rings is 1. The van der Waals surface area contributed by atoms with Crippen LogP contribution < -0.4 is 5.73 Å². The molecule has 0 saturated carbocycles. The summed E-state index contributed by atoms with van der Waals surface area (Å²) in [6.45, 7) is 3.39. The molecular weight excluding hydrogens is 459 g/mol. The minimum atomic E-state index is -0.868. The number of nitrogens with two attached hydrogens (primary N) is 1. The summed E-state index contributed by atoms with van der Waals surface area (Å²) >= 11 is 6.41. The quantitative estimate of drug-likeness (QED) is 0.525. The third-order valence-electron chi connectivity index (χ3n) is 3.78. The zero-order valence-corrected chi connectivity index (χ0v) is 16.7. The molecule has 0 spiro atoms. The van der Waals surface area contributed by atoms with Crippen molar-refractivity contribution in [2.24, 2.45) is 5.73 Å². The summed E-state index contributed by atoms with van der Waals surface area (Å²) in [5, 5.41) is 9.73. The van der Waals surface area contributed by atoms with Crippen LogP contribution >= 0.6 is 31.9 Å². The zero-order valence-electron chi connectivity index (χ0n) is 13.5. The number of carbonyl (C=O) groups excluding carboxylic acids is 1. The molecule has 8 heteroatoms. The lowest BCUT2D eigenvalue weighted by molar-refractivity contribution is -0.139. The lowest BCUT2D eigenvalue weighted by Crippen LogP contribution is -2.26. The second-order valence-corrected chi connectivity index (χ2v) is 6.59. The van der Waals surface area contributed by atoms with E-state index in [1.54, 1.807) is 19.9 Å². The maximum Gasteiger partial charge on any atom is 0.338 e. The largest absolute Gasteiger partial charge is 0.463 e. The molecule has 1 aromatic carbocycles. The van der Waals surface area contributed by atoms with Crippen molar-refractivity contribution in [1.82, 2.24) is 0 Å².